The van der Waals surface area contributed by atoms with Crippen molar-refractivity contribution in [2.24, 2.45) is 0 Å². The number of ether oxygens (including phenoxy) is 2. The Bertz CT molecular complexity index is 584. The van der Waals surface area contributed by atoms with E-state index in [1.165, 1.54) is 0 Å². The van der Waals surface area contributed by atoms with Crippen molar-refractivity contribution >= 4 is 17.5 Å². The van der Waals surface area contributed by atoms with E-state index >= 15 is 0 Å². The van der Waals surface area contributed by atoms with Crippen LogP contribution < -0.4 is 14.8 Å². The van der Waals surface area contributed by atoms with Gasteiger partial charge in [0.15, 0.2) is 11.5 Å². The van der Waals surface area contributed by atoms with E-state index in [4.69, 9.17) is 9.47 Å². The zero-order chi connectivity index (χ0) is 15.5. The van der Waals surface area contributed by atoms with E-state index in [0.717, 1.165) is 12.8 Å². The minimum absolute atomic E-state index is 0.0367. The molecule has 0 spiro atoms. The number of fused-ring (bicyclic) bond motifs is 1. The summed E-state index contributed by atoms with van der Waals surface area (Å²) < 4.78 is 10.9. The van der Waals surface area contributed by atoms with Crippen LogP contribution in [0.15, 0.2) is 18.2 Å². The summed E-state index contributed by atoms with van der Waals surface area (Å²) in [6.45, 7) is 3.08. The highest BCUT2D eigenvalue weighted by molar-refractivity contribution is 5.91. The summed E-state index contributed by atoms with van der Waals surface area (Å²) in [6, 6.07) is 5.67. The first kappa shape index (κ1) is 14.7. The molecular formula is C16H20N2O4. The molecule has 0 saturated heterocycles. The lowest BCUT2D eigenvalue weighted by atomic mass is 10.2. The molecule has 118 valence electrons. The molecule has 0 radical (unpaired) electrons. The number of benzene rings is 1. The smallest absolute Gasteiger partial charge is 0.226 e. The molecule has 22 heavy (non-hydrogen) atoms. The second-order valence-corrected chi connectivity index (χ2v) is 5.60. The van der Waals surface area contributed by atoms with Crippen LogP contribution in [-0.2, 0) is 9.59 Å². The van der Waals surface area contributed by atoms with Crippen molar-refractivity contribution in [1.82, 2.24) is 4.90 Å². The number of nitrogens with zero attached hydrogens (tertiary/aromatic N) is 1. The number of hydrogen-bond acceptors (Lipinski definition) is 4. The van der Waals surface area contributed by atoms with Gasteiger partial charge in [0.1, 0.15) is 13.2 Å². The quantitative estimate of drug-likeness (QED) is 0.900. The fourth-order valence-corrected chi connectivity index (χ4v) is 2.55. The molecule has 1 aliphatic heterocycles. The first-order valence-corrected chi connectivity index (χ1v) is 7.60. The normalized spacial score (nSPS) is 16.0. The molecule has 6 nitrogen and oxygen atoms in total. The molecule has 2 amide bonds. The van der Waals surface area contributed by atoms with Gasteiger partial charge in [-0.1, -0.05) is 0 Å². The third-order valence-electron chi connectivity index (χ3n) is 3.80. The molecule has 1 saturated carbocycles. The average Bonchev–Trinajstić information content (AvgIpc) is 3.32. The summed E-state index contributed by atoms with van der Waals surface area (Å²) in [5, 5.41) is 2.83. The Morgan fingerprint density at radius 1 is 1.23 bits per heavy atom. The van der Waals surface area contributed by atoms with E-state index in [0.29, 0.717) is 49.4 Å². The molecule has 3 rings (SSSR count). The number of anilines is 1. The van der Waals surface area contributed by atoms with Crippen LogP contribution in [0.3, 0.4) is 0 Å². The van der Waals surface area contributed by atoms with Crippen LogP contribution in [0.5, 0.6) is 11.5 Å². The first-order valence-electron chi connectivity index (χ1n) is 7.60. The standard InChI is InChI=1S/C16H20N2O4/c1-11(19)18(13-3-4-13)7-6-16(20)17-12-2-5-14-15(10-12)22-9-8-21-14/h2,5,10,13H,3-4,6-9H2,1H3,(H,17,20). The Balaban J connectivity index is 1.54. The van der Waals surface area contributed by atoms with Crippen LogP contribution in [0.2, 0.25) is 0 Å². The van der Waals surface area contributed by atoms with Gasteiger partial charge in [0, 0.05) is 37.7 Å². The largest absolute Gasteiger partial charge is 0.486 e. The third-order valence-corrected chi connectivity index (χ3v) is 3.80. The Morgan fingerprint density at radius 2 is 1.95 bits per heavy atom. The van der Waals surface area contributed by atoms with Crippen molar-refractivity contribution in [3.05, 3.63) is 18.2 Å². The number of amides is 2. The zero-order valence-corrected chi connectivity index (χ0v) is 12.6. The Kier molecular flexibility index (Phi) is 4.18. The van der Waals surface area contributed by atoms with Gasteiger partial charge in [-0.3, -0.25) is 9.59 Å². The summed E-state index contributed by atoms with van der Waals surface area (Å²) in [5.41, 5.74) is 0.676. The number of carbonyl (C=O) groups excluding carboxylic acids is 2. The number of carbonyl (C=O) groups is 2. The van der Waals surface area contributed by atoms with Crippen LogP contribution in [-0.4, -0.2) is 42.5 Å². The molecule has 1 heterocycles. The fourth-order valence-electron chi connectivity index (χ4n) is 2.55. The predicted molar refractivity (Wildman–Crippen MR) is 81.1 cm³/mol. The lowest BCUT2D eigenvalue weighted by Gasteiger charge is -2.21. The van der Waals surface area contributed by atoms with Crippen molar-refractivity contribution < 1.29 is 19.1 Å². The summed E-state index contributed by atoms with van der Waals surface area (Å²) in [7, 11) is 0. The molecule has 1 aromatic carbocycles. The van der Waals surface area contributed by atoms with Gasteiger partial charge in [-0.05, 0) is 25.0 Å². The summed E-state index contributed by atoms with van der Waals surface area (Å²) >= 11 is 0. The van der Waals surface area contributed by atoms with Crippen molar-refractivity contribution in [2.45, 2.75) is 32.2 Å². The lowest BCUT2D eigenvalue weighted by Crippen LogP contribution is -2.33. The van der Waals surface area contributed by atoms with Gasteiger partial charge in [-0.15, -0.1) is 0 Å². The number of nitrogens with one attached hydrogen (secondary N) is 1. The monoisotopic (exact) mass is 304 g/mol. The SMILES string of the molecule is CC(=O)N(CCC(=O)Nc1ccc2c(c1)OCCO2)C1CC1. The molecule has 0 bridgehead atoms. The van der Waals surface area contributed by atoms with Crippen molar-refractivity contribution in [3.8, 4) is 11.5 Å². The molecule has 1 aliphatic carbocycles. The molecule has 1 aromatic rings. The van der Waals surface area contributed by atoms with Gasteiger partial charge in [0.25, 0.3) is 0 Å². The van der Waals surface area contributed by atoms with Gasteiger partial charge >= 0.3 is 0 Å². The molecule has 1 fully saturated rings. The zero-order valence-electron chi connectivity index (χ0n) is 12.6. The highest BCUT2D eigenvalue weighted by atomic mass is 16.6. The van der Waals surface area contributed by atoms with E-state index in [1.54, 1.807) is 30.0 Å². The summed E-state index contributed by atoms with van der Waals surface area (Å²) in [5.74, 6) is 1.27. The minimum Gasteiger partial charge on any atom is -0.486 e. The van der Waals surface area contributed by atoms with Gasteiger partial charge < -0.3 is 19.7 Å². The Morgan fingerprint density at radius 3 is 2.64 bits per heavy atom. The predicted octanol–water partition coefficient (Wildman–Crippen LogP) is 1.80. The van der Waals surface area contributed by atoms with E-state index in [2.05, 4.69) is 5.32 Å². The van der Waals surface area contributed by atoms with Gasteiger partial charge in [-0.2, -0.15) is 0 Å². The Labute approximate surface area is 129 Å². The van der Waals surface area contributed by atoms with E-state index in [1.807, 2.05) is 0 Å². The van der Waals surface area contributed by atoms with E-state index in [9.17, 15) is 9.59 Å². The topological polar surface area (TPSA) is 67.9 Å². The van der Waals surface area contributed by atoms with Crippen LogP contribution in [0.1, 0.15) is 26.2 Å². The van der Waals surface area contributed by atoms with E-state index in [-0.39, 0.29) is 11.8 Å². The molecule has 0 unspecified atom stereocenters. The van der Waals surface area contributed by atoms with Gasteiger partial charge in [0.05, 0.1) is 0 Å². The van der Waals surface area contributed by atoms with E-state index < -0.39 is 0 Å². The first-order chi connectivity index (χ1) is 10.6. The molecule has 6 heteroatoms. The summed E-state index contributed by atoms with van der Waals surface area (Å²) in [4.78, 5) is 25.3. The molecule has 1 N–H and O–H groups in total. The third kappa shape index (κ3) is 3.50. The maximum Gasteiger partial charge on any atom is 0.226 e. The lowest BCUT2D eigenvalue weighted by molar-refractivity contribution is -0.129. The fraction of sp³-hybridized carbons (Fsp3) is 0.500. The van der Waals surface area contributed by atoms with Crippen molar-refractivity contribution in [2.75, 3.05) is 25.1 Å². The second-order valence-electron chi connectivity index (χ2n) is 5.60. The highest BCUT2D eigenvalue weighted by Gasteiger charge is 2.30. The average molecular weight is 304 g/mol. The number of hydrogen-bond donors (Lipinski definition) is 1. The van der Waals surface area contributed by atoms with Crippen molar-refractivity contribution in [1.29, 1.82) is 0 Å². The molecular weight excluding hydrogens is 284 g/mol. The maximum atomic E-state index is 12.0. The minimum atomic E-state index is -0.108. The maximum absolute atomic E-state index is 12.0. The molecule has 0 aromatic heterocycles. The van der Waals surface area contributed by atoms with Crippen molar-refractivity contribution in [3.63, 3.8) is 0 Å². The second kappa shape index (κ2) is 6.25. The molecule has 2 aliphatic rings. The summed E-state index contributed by atoms with van der Waals surface area (Å²) in [6.07, 6.45) is 2.39. The van der Waals surface area contributed by atoms with Crippen LogP contribution in [0.4, 0.5) is 5.69 Å². The van der Waals surface area contributed by atoms with Crippen LogP contribution >= 0.6 is 0 Å². The highest BCUT2D eigenvalue weighted by Crippen LogP contribution is 2.32. The van der Waals surface area contributed by atoms with Crippen LogP contribution in [0.25, 0.3) is 0 Å². The van der Waals surface area contributed by atoms with Gasteiger partial charge in [-0.25, -0.2) is 0 Å². The van der Waals surface area contributed by atoms with Crippen LogP contribution in [0, 0.1) is 0 Å². The number of rotatable bonds is 5. The Hall–Kier alpha value is -2.24. The van der Waals surface area contributed by atoms with Gasteiger partial charge in [0.2, 0.25) is 11.8 Å². The molecule has 0 atom stereocenters.